The lowest BCUT2D eigenvalue weighted by Gasteiger charge is -2.19. The molecule has 0 saturated heterocycles. The maximum absolute atomic E-state index is 5.87. The summed E-state index contributed by atoms with van der Waals surface area (Å²) >= 11 is 0. The molecule has 0 bridgehead atoms. The van der Waals surface area contributed by atoms with Gasteiger partial charge in [0.2, 0.25) is 0 Å². The zero-order valence-electron chi connectivity index (χ0n) is 10.3. The summed E-state index contributed by atoms with van der Waals surface area (Å²) in [5.41, 5.74) is 6.85. The zero-order valence-corrected chi connectivity index (χ0v) is 10.3. The Kier molecular flexibility index (Phi) is 4.17. The van der Waals surface area contributed by atoms with Crippen LogP contribution in [0.4, 0.5) is 5.69 Å². The van der Waals surface area contributed by atoms with Crippen molar-refractivity contribution in [3.8, 4) is 5.75 Å². The predicted molar refractivity (Wildman–Crippen MR) is 68.2 cm³/mol. The molecule has 0 amide bonds. The van der Waals surface area contributed by atoms with Gasteiger partial charge in [0.25, 0.3) is 0 Å². The zero-order chi connectivity index (χ0) is 12.1. The van der Waals surface area contributed by atoms with Crippen molar-refractivity contribution in [1.29, 1.82) is 0 Å². The first-order chi connectivity index (χ1) is 7.54. The molecular weight excluding hydrogens is 202 g/mol. The molecule has 2 N–H and O–H groups in total. The highest BCUT2D eigenvalue weighted by molar-refractivity contribution is 5.94. The molecule has 1 aromatic carbocycles. The van der Waals surface area contributed by atoms with Crippen molar-refractivity contribution in [2.24, 2.45) is 10.7 Å². The number of ether oxygens (including phenoxy) is 1. The van der Waals surface area contributed by atoms with E-state index in [0.29, 0.717) is 5.96 Å². The molecule has 1 rings (SSSR count). The van der Waals surface area contributed by atoms with Crippen molar-refractivity contribution < 1.29 is 4.74 Å². The smallest absolute Gasteiger partial charge is 0.195 e. The van der Waals surface area contributed by atoms with Crippen molar-refractivity contribution >= 4 is 11.6 Å². The number of benzene rings is 1. The van der Waals surface area contributed by atoms with Gasteiger partial charge < -0.3 is 15.4 Å². The monoisotopic (exact) mass is 221 g/mol. The van der Waals surface area contributed by atoms with Crippen LogP contribution in [0.5, 0.6) is 5.75 Å². The SMILES string of the molecule is COc1ccc(N(C)C(N)=NC(C)C)cc1. The number of anilines is 1. The number of aliphatic imine (C=N–C) groups is 1. The third-order valence-electron chi connectivity index (χ3n) is 2.19. The Hall–Kier alpha value is -1.71. The van der Waals surface area contributed by atoms with Gasteiger partial charge in [-0.05, 0) is 38.1 Å². The number of rotatable bonds is 3. The van der Waals surface area contributed by atoms with E-state index in [4.69, 9.17) is 10.5 Å². The molecule has 0 fully saturated rings. The molecule has 0 spiro atoms. The van der Waals surface area contributed by atoms with Gasteiger partial charge >= 0.3 is 0 Å². The number of guanidine groups is 1. The molecular formula is C12H19N3O. The standard InChI is InChI=1S/C12H19N3O/c1-9(2)14-12(13)15(3)10-5-7-11(16-4)8-6-10/h5-9H,1-4H3,(H2,13,14). The summed E-state index contributed by atoms with van der Waals surface area (Å²) in [6, 6.07) is 7.88. The van der Waals surface area contributed by atoms with Crippen molar-refractivity contribution in [3.05, 3.63) is 24.3 Å². The van der Waals surface area contributed by atoms with E-state index in [9.17, 15) is 0 Å². The van der Waals surface area contributed by atoms with Gasteiger partial charge in [-0.25, -0.2) is 0 Å². The summed E-state index contributed by atoms with van der Waals surface area (Å²) in [5, 5.41) is 0. The third kappa shape index (κ3) is 3.15. The molecule has 0 unspecified atom stereocenters. The Labute approximate surface area is 96.7 Å². The first-order valence-electron chi connectivity index (χ1n) is 5.25. The molecule has 88 valence electrons. The fourth-order valence-electron chi connectivity index (χ4n) is 1.29. The maximum atomic E-state index is 5.87. The summed E-state index contributed by atoms with van der Waals surface area (Å²) < 4.78 is 5.09. The molecule has 16 heavy (non-hydrogen) atoms. The molecule has 0 radical (unpaired) electrons. The highest BCUT2D eigenvalue weighted by Crippen LogP contribution is 2.17. The normalized spacial score (nSPS) is 11.7. The van der Waals surface area contributed by atoms with Crippen LogP contribution in [-0.4, -0.2) is 26.2 Å². The Morgan fingerprint density at radius 3 is 2.31 bits per heavy atom. The number of nitrogens with two attached hydrogens (primary N) is 1. The minimum atomic E-state index is 0.195. The van der Waals surface area contributed by atoms with Crippen LogP contribution in [0, 0.1) is 0 Å². The number of methoxy groups -OCH3 is 1. The Balaban J connectivity index is 2.83. The molecule has 0 aliphatic rings. The fourth-order valence-corrected chi connectivity index (χ4v) is 1.29. The predicted octanol–water partition coefficient (Wildman–Crippen LogP) is 1.85. The molecule has 0 saturated carbocycles. The molecule has 4 heteroatoms. The molecule has 1 aromatic rings. The highest BCUT2D eigenvalue weighted by atomic mass is 16.5. The Bertz CT molecular complexity index is 357. The van der Waals surface area contributed by atoms with Crippen molar-refractivity contribution in [3.63, 3.8) is 0 Å². The average Bonchev–Trinajstić information content (AvgIpc) is 2.27. The summed E-state index contributed by atoms with van der Waals surface area (Å²) in [6.45, 7) is 3.99. The van der Waals surface area contributed by atoms with Crippen LogP contribution in [0.2, 0.25) is 0 Å². The maximum Gasteiger partial charge on any atom is 0.195 e. The molecule has 0 heterocycles. The molecule has 0 atom stereocenters. The van der Waals surface area contributed by atoms with Gasteiger partial charge in [0.15, 0.2) is 5.96 Å². The lowest BCUT2D eigenvalue weighted by molar-refractivity contribution is 0.415. The van der Waals surface area contributed by atoms with Gasteiger partial charge in [0, 0.05) is 18.8 Å². The Morgan fingerprint density at radius 1 is 1.31 bits per heavy atom. The van der Waals surface area contributed by atoms with Crippen LogP contribution in [0.3, 0.4) is 0 Å². The summed E-state index contributed by atoms with van der Waals surface area (Å²) in [6.07, 6.45) is 0. The first-order valence-corrected chi connectivity index (χ1v) is 5.25. The van der Waals surface area contributed by atoms with Crippen molar-refractivity contribution in [1.82, 2.24) is 0 Å². The summed E-state index contributed by atoms with van der Waals surface area (Å²) in [5.74, 6) is 1.34. The number of hydrogen-bond acceptors (Lipinski definition) is 2. The minimum absolute atomic E-state index is 0.195. The second-order valence-corrected chi connectivity index (χ2v) is 3.84. The third-order valence-corrected chi connectivity index (χ3v) is 2.19. The van der Waals surface area contributed by atoms with Gasteiger partial charge in [-0.1, -0.05) is 0 Å². The number of nitrogens with zero attached hydrogens (tertiary/aromatic N) is 2. The molecule has 0 aromatic heterocycles. The highest BCUT2D eigenvalue weighted by Gasteiger charge is 2.05. The van der Waals surface area contributed by atoms with E-state index in [0.717, 1.165) is 11.4 Å². The van der Waals surface area contributed by atoms with E-state index in [1.807, 2.05) is 50.1 Å². The second kappa shape index (κ2) is 5.39. The van der Waals surface area contributed by atoms with Gasteiger partial charge in [0.1, 0.15) is 5.75 Å². The quantitative estimate of drug-likeness (QED) is 0.626. The lowest BCUT2D eigenvalue weighted by atomic mass is 10.3. The lowest BCUT2D eigenvalue weighted by Crippen LogP contribution is -2.34. The number of hydrogen-bond donors (Lipinski definition) is 1. The second-order valence-electron chi connectivity index (χ2n) is 3.84. The van der Waals surface area contributed by atoms with Gasteiger partial charge in [-0.15, -0.1) is 0 Å². The van der Waals surface area contributed by atoms with Crippen LogP contribution >= 0.6 is 0 Å². The van der Waals surface area contributed by atoms with E-state index < -0.39 is 0 Å². The van der Waals surface area contributed by atoms with Crippen LogP contribution in [0.25, 0.3) is 0 Å². The molecule has 4 nitrogen and oxygen atoms in total. The van der Waals surface area contributed by atoms with E-state index in [2.05, 4.69) is 4.99 Å². The van der Waals surface area contributed by atoms with Gasteiger partial charge in [-0.2, -0.15) is 0 Å². The first kappa shape index (κ1) is 12.4. The molecule has 0 aliphatic heterocycles. The van der Waals surface area contributed by atoms with E-state index >= 15 is 0 Å². The van der Waals surface area contributed by atoms with Crippen LogP contribution in [-0.2, 0) is 0 Å². The minimum Gasteiger partial charge on any atom is -0.497 e. The largest absolute Gasteiger partial charge is 0.497 e. The van der Waals surface area contributed by atoms with E-state index in [1.54, 1.807) is 7.11 Å². The summed E-state index contributed by atoms with van der Waals surface area (Å²) in [4.78, 5) is 6.13. The van der Waals surface area contributed by atoms with Gasteiger partial charge in [0.05, 0.1) is 7.11 Å². The van der Waals surface area contributed by atoms with Crippen LogP contribution < -0.4 is 15.4 Å². The Morgan fingerprint density at radius 2 is 1.88 bits per heavy atom. The molecule has 0 aliphatic carbocycles. The van der Waals surface area contributed by atoms with Crippen molar-refractivity contribution in [2.45, 2.75) is 19.9 Å². The fraction of sp³-hybridized carbons (Fsp3) is 0.417. The summed E-state index contributed by atoms with van der Waals surface area (Å²) in [7, 11) is 3.54. The topological polar surface area (TPSA) is 50.9 Å². The van der Waals surface area contributed by atoms with Crippen LogP contribution in [0.1, 0.15) is 13.8 Å². The van der Waals surface area contributed by atoms with E-state index in [1.165, 1.54) is 0 Å². The van der Waals surface area contributed by atoms with Gasteiger partial charge in [-0.3, -0.25) is 4.99 Å². The van der Waals surface area contributed by atoms with E-state index in [-0.39, 0.29) is 6.04 Å². The van der Waals surface area contributed by atoms with Crippen molar-refractivity contribution in [2.75, 3.05) is 19.1 Å². The average molecular weight is 221 g/mol. The van der Waals surface area contributed by atoms with Crippen LogP contribution in [0.15, 0.2) is 29.3 Å².